The predicted octanol–water partition coefficient (Wildman–Crippen LogP) is 0.259. The first-order valence-corrected chi connectivity index (χ1v) is 6.84. The molecule has 0 aromatic heterocycles. The lowest BCUT2D eigenvalue weighted by atomic mass is 10.1. The van der Waals surface area contributed by atoms with Gasteiger partial charge < -0.3 is 10.6 Å². The minimum absolute atomic E-state index is 0.0470. The normalized spacial score (nSPS) is 16.1. The highest BCUT2D eigenvalue weighted by molar-refractivity contribution is 5.88. The first-order valence-electron chi connectivity index (χ1n) is 6.84. The standard InChI is InChI=1S/C15H20N3O2/c16-14(19)6-7-17-8-10-18(11-9-17)15(20)12-13-4-2-1-3-5-13/h1-5,12H,6-11H2,(H2,16,19). The molecule has 0 spiro atoms. The van der Waals surface area contributed by atoms with Crippen LogP contribution in [0.25, 0.3) is 0 Å². The van der Waals surface area contributed by atoms with Crippen LogP contribution in [0, 0.1) is 6.42 Å². The molecule has 1 aromatic rings. The molecule has 0 aliphatic carbocycles. The summed E-state index contributed by atoms with van der Waals surface area (Å²) in [6, 6.07) is 9.60. The van der Waals surface area contributed by atoms with Crippen molar-refractivity contribution in [3.8, 4) is 0 Å². The summed E-state index contributed by atoms with van der Waals surface area (Å²) in [6.07, 6.45) is 2.04. The van der Waals surface area contributed by atoms with Gasteiger partial charge in [-0.15, -0.1) is 0 Å². The molecule has 2 amide bonds. The molecular formula is C15H20N3O2. The van der Waals surface area contributed by atoms with Crippen LogP contribution in [0.1, 0.15) is 12.0 Å². The van der Waals surface area contributed by atoms with E-state index < -0.39 is 0 Å². The second-order valence-electron chi connectivity index (χ2n) is 4.94. The van der Waals surface area contributed by atoms with Crippen molar-refractivity contribution in [1.82, 2.24) is 9.80 Å². The number of carbonyl (C=O) groups is 2. The molecule has 20 heavy (non-hydrogen) atoms. The van der Waals surface area contributed by atoms with E-state index in [0.29, 0.717) is 26.1 Å². The third-order valence-corrected chi connectivity index (χ3v) is 3.45. The number of carbonyl (C=O) groups excluding carboxylic acids is 2. The van der Waals surface area contributed by atoms with Crippen LogP contribution in [-0.2, 0) is 9.59 Å². The second-order valence-corrected chi connectivity index (χ2v) is 4.94. The average molecular weight is 274 g/mol. The molecule has 0 atom stereocenters. The molecule has 2 rings (SSSR count). The van der Waals surface area contributed by atoms with Crippen molar-refractivity contribution in [2.45, 2.75) is 6.42 Å². The molecule has 1 saturated heterocycles. The highest BCUT2D eigenvalue weighted by Crippen LogP contribution is 2.08. The lowest BCUT2D eigenvalue weighted by molar-refractivity contribution is -0.129. The predicted molar refractivity (Wildman–Crippen MR) is 76.7 cm³/mol. The van der Waals surface area contributed by atoms with E-state index >= 15 is 0 Å². The van der Waals surface area contributed by atoms with E-state index in [-0.39, 0.29) is 11.8 Å². The van der Waals surface area contributed by atoms with Crippen LogP contribution in [0.15, 0.2) is 30.3 Å². The van der Waals surface area contributed by atoms with Crippen LogP contribution in [0.2, 0.25) is 0 Å². The molecule has 0 unspecified atom stereocenters. The number of hydrogen-bond acceptors (Lipinski definition) is 3. The average Bonchev–Trinajstić information content (AvgIpc) is 2.46. The largest absolute Gasteiger partial charge is 0.370 e. The van der Waals surface area contributed by atoms with Gasteiger partial charge in [0, 0.05) is 39.1 Å². The van der Waals surface area contributed by atoms with Gasteiger partial charge in [0.25, 0.3) is 0 Å². The SMILES string of the molecule is NC(=O)CCN1CCN(C(=O)[CH]c2ccccc2)CC1. The topological polar surface area (TPSA) is 66.6 Å². The van der Waals surface area contributed by atoms with Crippen molar-refractivity contribution in [3.63, 3.8) is 0 Å². The van der Waals surface area contributed by atoms with Crippen molar-refractivity contribution in [2.75, 3.05) is 32.7 Å². The molecule has 1 aliphatic heterocycles. The summed E-state index contributed by atoms with van der Waals surface area (Å²) in [4.78, 5) is 26.9. The Labute approximate surface area is 119 Å². The molecule has 1 fully saturated rings. The van der Waals surface area contributed by atoms with E-state index in [2.05, 4.69) is 4.90 Å². The van der Waals surface area contributed by atoms with E-state index in [1.165, 1.54) is 0 Å². The molecule has 1 aliphatic rings. The molecular weight excluding hydrogens is 254 g/mol. The zero-order valence-corrected chi connectivity index (χ0v) is 11.5. The third kappa shape index (κ3) is 4.35. The van der Waals surface area contributed by atoms with E-state index in [4.69, 9.17) is 5.73 Å². The lowest BCUT2D eigenvalue weighted by Crippen LogP contribution is -2.49. The minimum atomic E-state index is -0.277. The molecule has 5 heteroatoms. The van der Waals surface area contributed by atoms with Crippen molar-refractivity contribution in [1.29, 1.82) is 0 Å². The Hall–Kier alpha value is -1.88. The zero-order valence-electron chi connectivity index (χ0n) is 11.5. The van der Waals surface area contributed by atoms with Gasteiger partial charge >= 0.3 is 0 Å². The number of amides is 2. The molecule has 1 radical (unpaired) electrons. The van der Waals surface area contributed by atoms with Crippen LogP contribution in [0.5, 0.6) is 0 Å². The van der Waals surface area contributed by atoms with E-state index in [1.807, 2.05) is 35.2 Å². The van der Waals surface area contributed by atoms with Gasteiger partial charge in [-0.2, -0.15) is 0 Å². The Balaban J connectivity index is 1.76. The first-order chi connectivity index (χ1) is 9.65. The molecule has 5 nitrogen and oxygen atoms in total. The quantitative estimate of drug-likeness (QED) is 0.837. The Morgan fingerprint density at radius 2 is 1.75 bits per heavy atom. The summed E-state index contributed by atoms with van der Waals surface area (Å²) in [7, 11) is 0. The highest BCUT2D eigenvalue weighted by Gasteiger charge is 2.21. The van der Waals surface area contributed by atoms with Crippen LogP contribution < -0.4 is 5.73 Å². The van der Waals surface area contributed by atoms with Crippen molar-refractivity contribution in [2.24, 2.45) is 5.73 Å². The lowest BCUT2D eigenvalue weighted by Gasteiger charge is -2.34. The Bertz CT molecular complexity index is 453. The fourth-order valence-corrected chi connectivity index (χ4v) is 2.24. The summed E-state index contributed by atoms with van der Waals surface area (Å²) in [5, 5.41) is 0. The number of benzene rings is 1. The summed E-state index contributed by atoms with van der Waals surface area (Å²) in [5.41, 5.74) is 6.06. The fraction of sp³-hybridized carbons (Fsp3) is 0.400. The second kappa shape index (κ2) is 7.05. The van der Waals surface area contributed by atoms with Crippen molar-refractivity contribution < 1.29 is 9.59 Å². The Morgan fingerprint density at radius 1 is 1.10 bits per heavy atom. The van der Waals surface area contributed by atoms with Crippen LogP contribution >= 0.6 is 0 Å². The summed E-state index contributed by atoms with van der Waals surface area (Å²) in [6.45, 7) is 3.66. The molecule has 0 saturated carbocycles. The smallest absolute Gasteiger partial charge is 0.231 e. The monoisotopic (exact) mass is 274 g/mol. The van der Waals surface area contributed by atoms with E-state index in [1.54, 1.807) is 6.42 Å². The van der Waals surface area contributed by atoms with Gasteiger partial charge in [0.05, 0.1) is 6.42 Å². The van der Waals surface area contributed by atoms with Crippen LogP contribution in [0.3, 0.4) is 0 Å². The number of rotatable bonds is 5. The highest BCUT2D eigenvalue weighted by atomic mass is 16.2. The fourth-order valence-electron chi connectivity index (χ4n) is 2.24. The van der Waals surface area contributed by atoms with Gasteiger partial charge in [0.15, 0.2) is 0 Å². The summed E-state index contributed by atoms with van der Waals surface area (Å²) in [5.74, 6) is -0.230. The maximum Gasteiger partial charge on any atom is 0.231 e. The van der Waals surface area contributed by atoms with Crippen LogP contribution in [0.4, 0.5) is 0 Å². The number of hydrogen-bond donors (Lipinski definition) is 1. The van der Waals surface area contributed by atoms with Crippen LogP contribution in [-0.4, -0.2) is 54.3 Å². The maximum atomic E-state index is 12.1. The Morgan fingerprint density at radius 3 is 2.35 bits per heavy atom. The number of nitrogens with zero attached hydrogens (tertiary/aromatic N) is 2. The molecule has 2 N–H and O–H groups in total. The molecule has 1 aromatic carbocycles. The summed E-state index contributed by atoms with van der Waals surface area (Å²) < 4.78 is 0. The van der Waals surface area contributed by atoms with Crippen molar-refractivity contribution in [3.05, 3.63) is 42.3 Å². The first kappa shape index (κ1) is 14.5. The third-order valence-electron chi connectivity index (χ3n) is 3.45. The number of piperazine rings is 1. The van der Waals surface area contributed by atoms with Gasteiger partial charge in [-0.25, -0.2) is 0 Å². The van der Waals surface area contributed by atoms with E-state index in [0.717, 1.165) is 18.7 Å². The van der Waals surface area contributed by atoms with Gasteiger partial charge in [-0.05, 0) is 5.56 Å². The molecule has 0 bridgehead atoms. The minimum Gasteiger partial charge on any atom is -0.370 e. The zero-order chi connectivity index (χ0) is 14.4. The molecule has 107 valence electrons. The van der Waals surface area contributed by atoms with Gasteiger partial charge in [-0.3, -0.25) is 14.5 Å². The Kier molecular flexibility index (Phi) is 5.12. The van der Waals surface area contributed by atoms with Crippen molar-refractivity contribution >= 4 is 11.8 Å². The van der Waals surface area contributed by atoms with Gasteiger partial charge in [0.2, 0.25) is 11.8 Å². The maximum absolute atomic E-state index is 12.1. The van der Waals surface area contributed by atoms with Gasteiger partial charge in [0.1, 0.15) is 0 Å². The summed E-state index contributed by atoms with van der Waals surface area (Å²) >= 11 is 0. The number of primary amides is 1. The van der Waals surface area contributed by atoms with Gasteiger partial charge in [-0.1, -0.05) is 30.3 Å². The molecule has 1 heterocycles. The number of nitrogens with two attached hydrogens (primary N) is 1. The van der Waals surface area contributed by atoms with E-state index in [9.17, 15) is 9.59 Å².